The van der Waals surface area contributed by atoms with Gasteiger partial charge in [-0.05, 0) is 80.1 Å². The zero-order chi connectivity index (χ0) is 18.3. The third-order valence-corrected chi connectivity index (χ3v) is 10.9. The molecule has 0 rings (SSSR count). The SMILES string of the molecule is CC[Si](CC[Si](C)(OC(C)C)OC(C)C)(OC(C)C)OC(C)C. The van der Waals surface area contributed by atoms with Crippen molar-refractivity contribution < 1.29 is 17.7 Å². The Morgan fingerprint density at radius 1 is 0.609 bits per heavy atom. The molecule has 0 radical (unpaired) electrons. The van der Waals surface area contributed by atoms with E-state index in [1.807, 2.05) is 0 Å². The minimum atomic E-state index is -2.23. The molecule has 0 heterocycles. The van der Waals surface area contributed by atoms with Crippen LogP contribution in [0.2, 0.25) is 24.7 Å². The molecule has 0 saturated heterocycles. The molecule has 0 amide bonds. The number of hydrogen-bond acceptors (Lipinski definition) is 4. The topological polar surface area (TPSA) is 36.9 Å². The summed E-state index contributed by atoms with van der Waals surface area (Å²) in [7, 11) is -4.46. The lowest BCUT2D eigenvalue weighted by Gasteiger charge is -2.37. The van der Waals surface area contributed by atoms with E-state index in [2.05, 4.69) is 68.9 Å². The second-order valence-corrected chi connectivity index (χ2v) is 14.3. The average Bonchev–Trinajstić information content (AvgIpc) is 2.32. The first-order valence-corrected chi connectivity index (χ1v) is 13.9. The molecule has 0 unspecified atom stereocenters. The van der Waals surface area contributed by atoms with Crippen molar-refractivity contribution in [2.24, 2.45) is 0 Å². The zero-order valence-corrected chi connectivity index (χ0v) is 19.1. The third kappa shape index (κ3) is 9.99. The van der Waals surface area contributed by atoms with Gasteiger partial charge in [-0.3, -0.25) is 0 Å². The van der Waals surface area contributed by atoms with Crippen LogP contribution in [0.15, 0.2) is 0 Å². The van der Waals surface area contributed by atoms with Crippen molar-refractivity contribution >= 4 is 17.1 Å². The van der Waals surface area contributed by atoms with Crippen LogP contribution in [0.1, 0.15) is 62.3 Å². The second-order valence-electron chi connectivity index (χ2n) is 7.56. The van der Waals surface area contributed by atoms with Crippen LogP contribution in [0.25, 0.3) is 0 Å². The van der Waals surface area contributed by atoms with Gasteiger partial charge in [0.1, 0.15) is 0 Å². The number of hydrogen-bond donors (Lipinski definition) is 0. The van der Waals surface area contributed by atoms with Gasteiger partial charge in [-0.2, -0.15) is 0 Å². The minimum Gasteiger partial charge on any atom is -0.392 e. The Morgan fingerprint density at radius 3 is 1.22 bits per heavy atom. The predicted octanol–water partition coefficient (Wildman–Crippen LogP) is 5.22. The van der Waals surface area contributed by atoms with Crippen LogP contribution in [0, 0.1) is 0 Å². The first-order chi connectivity index (χ1) is 10.4. The van der Waals surface area contributed by atoms with E-state index in [0.717, 1.165) is 18.1 Å². The standard InChI is InChI=1S/C17H40O4Si2/c1-11-23(20-16(6)7,21-17(8)9)13-12-22(10,18-14(2)3)19-15(4)5/h14-17H,11-13H2,1-10H3. The van der Waals surface area contributed by atoms with Gasteiger partial charge in [-0.15, -0.1) is 0 Å². The summed E-state index contributed by atoms with van der Waals surface area (Å²) in [5.41, 5.74) is 0. The molecular formula is C17H40O4Si2. The van der Waals surface area contributed by atoms with Crippen molar-refractivity contribution in [3.05, 3.63) is 0 Å². The maximum Gasteiger partial charge on any atom is 0.338 e. The van der Waals surface area contributed by atoms with Crippen LogP contribution < -0.4 is 0 Å². The molecule has 140 valence electrons. The average molecular weight is 365 g/mol. The highest BCUT2D eigenvalue weighted by atomic mass is 28.4. The molecule has 0 fully saturated rings. The molecule has 0 aromatic heterocycles. The lowest BCUT2D eigenvalue weighted by molar-refractivity contribution is 0.0971. The van der Waals surface area contributed by atoms with Crippen LogP contribution in [0.4, 0.5) is 0 Å². The normalized spacial score (nSPS) is 13.8. The quantitative estimate of drug-likeness (QED) is 0.445. The summed E-state index contributed by atoms with van der Waals surface area (Å²) in [5, 5.41) is 0. The zero-order valence-electron chi connectivity index (χ0n) is 17.1. The van der Waals surface area contributed by atoms with Crippen LogP contribution in [0.3, 0.4) is 0 Å². The Kier molecular flexibility index (Phi) is 10.4. The van der Waals surface area contributed by atoms with Crippen LogP contribution in [0.5, 0.6) is 0 Å². The summed E-state index contributed by atoms with van der Waals surface area (Å²) in [4.78, 5) is 0. The summed E-state index contributed by atoms with van der Waals surface area (Å²) in [5.74, 6) is 0. The Bertz CT molecular complexity index is 300. The van der Waals surface area contributed by atoms with Gasteiger partial charge in [-0.25, -0.2) is 0 Å². The van der Waals surface area contributed by atoms with E-state index in [-0.39, 0.29) is 24.4 Å². The molecule has 0 aliphatic carbocycles. The molecule has 4 nitrogen and oxygen atoms in total. The Balaban J connectivity index is 5.13. The van der Waals surface area contributed by atoms with E-state index in [4.69, 9.17) is 17.7 Å². The molecule has 0 saturated carbocycles. The summed E-state index contributed by atoms with van der Waals surface area (Å²) < 4.78 is 25.1. The maximum absolute atomic E-state index is 6.33. The Morgan fingerprint density at radius 2 is 0.957 bits per heavy atom. The van der Waals surface area contributed by atoms with Gasteiger partial charge < -0.3 is 17.7 Å². The van der Waals surface area contributed by atoms with Gasteiger partial charge in [0.25, 0.3) is 0 Å². The van der Waals surface area contributed by atoms with Crippen molar-refractivity contribution in [3.8, 4) is 0 Å². The smallest absolute Gasteiger partial charge is 0.338 e. The van der Waals surface area contributed by atoms with Gasteiger partial charge in [0.15, 0.2) is 0 Å². The summed E-state index contributed by atoms with van der Waals surface area (Å²) in [6.45, 7) is 21.0. The number of rotatable bonds is 12. The lowest BCUT2D eigenvalue weighted by atomic mass is 10.5. The highest BCUT2D eigenvalue weighted by Crippen LogP contribution is 2.30. The monoisotopic (exact) mass is 364 g/mol. The lowest BCUT2D eigenvalue weighted by Crippen LogP contribution is -2.49. The van der Waals surface area contributed by atoms with Crippen molar-refractivity contribution in [3.63, 3.8) is 0 Å². The predicted molar refractivity (Wildman–Crippen MR) is 102 cm³/mol. The van der Waals surface area contributed by atoms with E-state index in [1.165, 1.54) is 0 Å². The first kappa shape index (κ1) is 23.3. The van der Waals surface area contributed by atoms with E-state index in [1.54, 1.807) is 0 Å². The molecular weight excluding hydrogens is 324 g/mol. The van der Waals surface area contributed by atoms with Crippen LogP contribution in [-0.2, 0) is 17.7 Å². The van der Waals surface area contributed by atoms with Crippen molar-refractivity contribution in [1.29, 1.82) is 0 Å². The van der Waals surface area contributed by atoms with Crippen molar-refractivity contribution in [2.75, 3.05) is 0 Å². The fraction of sp³-hybridized carbons (Fsp3) is 1.00. The molecule has 23 heavy (non-hydrogen) atoms. The molecule has 0 spiro atoms. The highest BCUT2D eigenvalue weighted by molar-refractivity contribution is 6.72. The largest absolute Gasteiger partial charge is 0.392 e. The molecule has 6 heteroatoms. The molecule has 0 atom stereocenters. The molecule has 0 N–H and O–H groups in total. The summed E-state index contributed by atoms with van der Waals surface area (Å²) >= 11 is 0. The fourth-order valence-corrected chi connectivity index (χ4v) is 11.2. The molecule has 0 aromatic rings. The molecule has 0 aromatic carbocycles. The summed E-state index contributed by atoms with van der Waals surface area (Å²) in [6.07, 6.45) is 0.732. The van der Waals surface area contributed by atoms with Gasteiger partial charge in [0.2, 0.25) is 0 Å². The van der Waals surface area contributed by atoms with E-state index in [9.17, 15) is 0 Å². The first-order valence-electron chi connectivity index (χ1n) is 9.15. The maximum atomic E-state index is 6.33. The van der Waals surface area contributed by atoms with Gasteiger partial charge >= 0.3 is 17.1 Å². The van der Waals surface area contributed by atoms with E-state index in [0.29, 0.717) is 0 Å². The van der Waals surface area contributed by atoms with E-state index >= 15 is 0 Å². The molecule has 0 aliphatic heterocycles. The van der Waals surface area contributed by atoms with Crippen LogP contribution in [-0.4, -0.2) is 41.5 Å². The van der Waals surface area contributed by atoms with Gasteiger partial charge in [0.05, 0.1) is 0 Å². The highest BCUT2D eigenvalue weighted by Gasteiger charge is 2.43. The Labute approximate surface area is 146 Å². The third-order valence-electron chi connectivity index (χ3n) is 3.37. The van der Waals surface area contributed by atoms with Gasteiger partial charge in [-0.1, -0.05) is 6.92 Å². The summed E-state index contributed by atoms with van der Waals surface area (Å²) in [6, 6.07) is 2.81. The Hall–Kier alpha value is 0.274. The second kappa shape index (κ2) is 10.3. The molecule has 0 bridgehead atoms. The van der Waals surface area contributed by atoms with Crippen molar-refractivity contribution in [1.82, 2.24) is 0 Å². The van der Waals surface area contributed by atoms with Crippen LogP contribution >= 0.6 is 0 Å². The van der Waals surface area contributed by atoms with E-state index < -0.39 is 17.1 Å². The van der Waals surface area contributed by atoms with Gasteiger partial charge in [0, 0.05) is 24.4 Å². The van der Waals surface area contributed by atoms with Crippen molar-refractivity contribution in [2.45, 2.75) is 111 Å². The molecule has 0 aliphatic rings. The fourth-order valence-electron chi connectivity index (χ4n) is 2.91. The minimum absolute atomic E-state index is 0.181.